The summed E-state index contributed by atoms with van der Waals surface area (Å²) in [6.45, 7) is 15.8. The second-order valence-corrected chi connectivity index (χ2v) is 10.4. The van der Waals surface area contributed by atoms with Crippen molar-refractivity contribution in [2.75, 3.05) is 51.8 Å². The van der Waals surface area contributed by atoms with E-state index in [1.54, 1.807) is 11.3 Å². The summed E-state index contributed by atoms with van der Waals surface area (Å²) < 4.78 is 6.62. The van der Waals surface area contributed by atoms with Crippen LogP contribution in [0.15, 0.2) is 66.9 Å². The molecule has 7 nitrogen and oxygen atoms in total. The number of carbonyl (C=O) groups is 1. The quantitative estimate of drug-likeness (QED) is 0.226. The number of pyridine rings is 1. The Bertz CT molecular complexity index is 1260. The van der Waals surface area contributed by atoms with Crippen LogP contribution in [0.5, 0.6) is 0 Å². The van der Waals surface area contributed by atoms with Crippen LogP contribution in [0.25, 0.3) is 27.0 Å². The highest BCUT2D eigenvalue weighted by atomic mass is 32.1. The Balaban J connectivity index is 0.000000771. The molecule has 1 saturated heterocycles. The van der Waals surface area contributed by atoms with Gasteiger partial charge in [-0.15, -0.1) is 0 Å². The van der Waals surface area contributed by atoms with Gasteiger partial charge >= 0.3 is 0 Å². The number of allylic oxidation sites excluding steroid dienone is 3. The van der Waals surface area contributed by atoms with Gasteiger partial charge in [-0.25, -0.2) is 4.98 Å². The van der Waals surface area contributed by atoms with Gasteiger partial charge in [0, 0.05) is 45.0 Å². The SMILES string of the molecule is C=C(/C=C\C(=C/C(C)CC)c1cc(-c2ccccn2)c2sc(NC)nc2c1)CN1CCOCC1.CCNC=O. The zero-order valence-electron chi connectivity index (χ0n) is 23.6. The van der Waals surface area contributed by atoms with E-state index in [-0.39, 0.29) is 0 Å². The lowest BCUT2D eigenvalue weighted by molar-refractivity contribution is -0.109. The van der Waals surface area contributed by atoms with Gasteiger partial charge < -0.3 is 15.4 Å². The highest BCUT2D eigenvalue weighted by molar-refractivity contribution is 7.22. The van der Waals surface area contributed by atoms with Crippen molar-refractivity contribution in [2.45, 2.75) is 27.2 Å². The van der Waals surface area contributed by atoms with Gasteiger partial charge in [0.05, 0.1) is 29.1 Å². The van der Waals surface area contributed by atoms with Gasteiger partial charge in [0.2, 0.25) is 6.41 Å². The molecule has 1 fully saturated rings. The van der Waals surface area contributed by atoms with Crippen molar-refractivity contribution in [3.8, 4) is 11.3 Å². The summed E-state index contributed by atoms with van der Waals surface area (Å²) in [5.74, 6) is 0.462. The van der Waals surface area contributed by atoms with Crippen molar-refractivity contribution >= 4 is 38.7 Å². The number of thiazole rings is 1. The predicted octanol–water partition coefficient (Wildman–Crippen LogP) is 6.03. The molecule has 1 unspecified atom stereocenters. The molecule has 1 atom stereocenters. The maximum Gasteiger partial charge on any atom is 0.207 e. The van der Waals surface area contributed by atoms with E-state index in [0.717, 1.165) is 83.6 Å². The molecular weight excluding hydrogens is 506 g/mol. The molecule has 0 spiro atoms. The molecule has 3 heterocycles. The van der Waals surface area contributed by atoms with Crippen molar-refractivity contribution in [3.05, 3.63) is 72.5 Å². The van der Waals surface area contributed by atoms with E-state index in [0.29, 0.717) is 12.3 Å². The Morgan fingerprint density at radius 1 is 1.23 bits per heavy atom. The van der Waals surface area contributed by atoms with Gasteiger partial charge in [-0.3, -0.25) is 14.7 Å². The third-order valence-corrected chi connectivity index (χ3v) is 7.52. The fraction of sp³-hybridized carbons (Fsp3) is 0.387. The minimum atomic E-state index is 0.462. The highest BCUT2D eigenvalue weighted by Crippen LogP contribution is 2.37. The largest absolute Gasteiger partial charge is 0.379 e. The van der Waals surface area contributed by atoms with Crippen molar-refractivity contribution < 1.29 is 9.53 Å². The summed E-state index contributed by atoms with van der Waals surface area (Å²) in [5, 5.41) is 6.54. The molecular formula is C31H41N5O2S. The number of rotatable bonds is 11. The fourth-order valence-corrected chi connectivity index (χ4v) is 5.00. The molecule has 0 radical (unpaired) electrons. The lowest BCUT2D eigenvalue weighted by atomic mass is 9.95. The predicted molar refractivity (Wildman–Crippen MR) is 165 cm³/mol. The van der Waals surface area contributed by atoms with Gasteiger partial charge in [0.25, 0.3) is 0 Å². The van der Waals surface area contributed by atoms with Crippen molar-refractivity contribution in [3.63, 3.8) is 0 Å². The van der Waals surface area contributed by atoms with Gasteiger partial charge in [-0.1, -0.05) is 62.5 Å². The van der Waals surface area contributed by atoms with Crippen LogP contribution in [0.2, 0.25) is 0 Å². The monoisotopic (exact) mass is 547 g/mol. The first kappa shape index (κ1) is 30.2. The lowest BCUT2D eigenvalue weighted by Crippen LogP contribution is -2.37. The summed E-state index contributed by atoms with van der Waals surface area (Å²) >= 11 is 1.67. The molecule has 39 heavy (non-hydrogen) atoms. The molecule has 3 aromatic rings. The van der Waals surface area contributed by atoms with Crippen LogP contribution in [0.4, 0.5) is 5.13 Å². The second-order valence-electron chi connectivity index (χ2n) is 9.42. The van der Waals surface area contributed by atoms with E-state index in [2.05, 4.69) is 77.4 Å². The maximum absolute atomic E-state index is 9.29. The molecule has 1 aliphatic rings. The number of nitrogens with one attached hydrogen (secondary N) is 2. The van der Waals surface area contributed by atoms with Crippen LogP contribution >= 0.6 is 11.3 Å². The van der Waals surface area contributed by atoms with Crippen LogP contribution in [-0.4, -0.2) is 67.7 Å². The standard InChI is InChI=1S/C28H34N4OS.C3H7NO/c1-5-20(2)16-22(10-9-21(3)19-32-12-14-33-15-13-32)23-17-24(25-8-6-7-11-30-25)27-26(18-23)31-28(29-4)34-27;1-2-4-3-5/h6-11,16-18,20H,3,5,12-15,19H2,1-2,4H3,(H,29,31);3H,2H2,1H3,(H,4,5)/b10-9-,22-16+;. The lowest BCUT2D eigenvalue weighted by Gasteiger charge is -2.26. The molecule has 2 aromatic heterocycles. The minimum Gasteiger partial charge on any atom is -0.379 e. The molecule has 4 rings (SSSR count). The average molecular weight is 548 g/mol. The Hall–Kier alpha value is -3.33. The number of anilines is 1. The Kier molecular flexibility index (Phi) is 12.3. The summed E-state index contributed by atoms with van der Waals surface area (Å²) in [4.78, 5) is 21.2. The molecule has 8 heteroatoms. The van der Waals surface area contributed by atoms with Crippen LogP contribution in [-0.2, 0) is 9.53 Å². The van der Waals surface area contributed by atoms with Crippen molar-refractivity contribution in [2.24, 2.45) is 5.92 Å². The van der Waals surface area contributed by atoms with Crippen LogP contribution in [0, 0.1) is 5.92 Å². The van der Waals surface area contributed by atoms with E-state index in [9.17, 15) is 4.79 Å². The van der Waals surface area contributed by atoms with E-state index in [1.165, 1.54) is 5.57 Å². The topological polar surface area (TPSA) is 79.4 Å². The first-order chi connectivity index (χ1) is 19.0. The van der Waals surface area contributed by atoms with Crippen molar-refractivity contribution in [1.29, 1.82) is 0 Å². The summed E-state index contributed by atoms with van der Waals surface area (Å²) in [6, 6.07) is 10.5. The Morgan fingerprint density at radius 2 is 2.03 bits per heavy atom. The normalized spacial score (nSPS) is 15.0. The van der Waals surface area contributed by atoms with E-state index < -0.39 is 0 Å². The van der Waals surface area contributed by atoms with E-state index in [1.807, 2.05) is 32.3 Å². The fourth-order valence-electron chi connectivity index (χ4n) is 4.08. The van der Waals surface area contributed by atoms with Gasteiger partial charge in [0.1, 0.15) is 0 Å². The Morgan fingerprint density at radius 3 is 2.64 bits per heavy atom. The van der Waals surface area contributed by atoms with Crippen LogP contribution < -0.4 is 10.6 Å². The summed E-state index contributed by atoms with van der Waals surface area (Å²) in [7, 11) is 1.91. The van der Waals surface area contributed by atoms with Crippen LogP contribution in [0.1, 0.15) is 32.8 Å². The third-order valence-electron chi connectivity index (χ3n) is 6.40. The number of benzene rings is 1. The summed E-state index contributed by atoms with van der Waals surface area (Å²) in [6.07, 6.45) is 10.3. The average Bonchev–Trinajstić information content (AvgIpc) is 3.40. The number of amides is 1. The molecule has 1 amide bonds. The van der Waals surface area contributed by atoms with E-state index in [4.69, 9.17) is 9.72 Å². The van der Waals surface area contributed by atoms with Crippen LogP contribution in [0.3, 0.4) is 0 Å². The zero-order chi connectivity index (χ0) is 28.0. The minimum absolute atomic E-state index is 0.462. The number of carbonyl (C=O) groups excluding carboxylic acids is 1. The number of aromatic nitrogens is 2. The first-order valence-electron chi connectivity index (χ1n) is 13.6. The van der Waals surface area contributed by atoms with Gasteiger partial charge in [0.15, 0.2) is 5.13 Å². The van der Waals surface area contributed by atoms with Gasteiger partial charge in [-0.2, -0.15) is 0 Å². The molecule has 208 valence electrons. The molecule has 0 saturated carbocycles. The Labute approximate surface area is 236 Å². The molecule has 2 N–H and O–H groups in total. The molecule has 1 aromatic carbocycles. The number of morpholine rings is 1. The maximum atomic E-state index is 9.29. The van der Waals surface area contributed by atoms with E-state index >= 15 is 0 Å². The number of fused-ring (bicyclic) bond motifs is 1. The van der Waals surface area contributed by atoms with Crippen molar-refractivity contribution in [1.82, 2.24) is 20.2 Å². The summed E-state index contributed by atoms with van der Waals surface area (Å²) in [5.41, 5.74) is 6.51. The molecule has 0 aliphatic carbocycles. The first-order valence-corrected chi connectivity index (χ1v) is 14.4. The van der Waals surface area contributed by atoms with Gasteiger partial charge in [-0.05, 0) is 53.8 Å². The zero-order valence-corrected chi connectivity index (χ0v) is 24.4. The number of hydrogen-bond acceptors (Lipinski definition) is 7. The smallest absolute Gasteiger partial charge is 0.207 e. The number of ether oxygens (including phenoxy) is 1. The third kappa shape index (κ3) is 9.13. The second kappa shape index (κ2) is 15.9. The molecule has 1 aliphatic heterocycles. The number of hydrogen-bond donors (Lipinski definition) is 2. The molecule has 0 bridgehead atoms. The number of nitrogens with zero attached hydrogens (tertiary/aromatic N) is 3. The highest BCUT2D eigenvalue weighted by Gasteiger charge is 2.15.